The molecule has 4 nitrogen and oxygen atoms in total. The zero-order chi connectivity index (χ0) is 25.3. The summed E-state index contributed by atoms with van der Waals surface area (Å²) in [6.07, 6.45) is 17.9. The van der Waals surface area contributed by atoms with Gasteiger partial charge in [-0.05, 0) is 117 Å². The molecule has 0 aromatic rings. The van der Waals surface area contributed by atoms with E-state index in [2.05, 4.69) is 39.2 Å². The average Bonchev–Trinajstić information content (AvgIpc) is 3.18. The molecule has 4 aliphatic carbocycles. The van der Waals surface area contributed by atoms with Crippen LogP contribution in [-0.2, 0) is 14.3 Å². The molecule has 0 aromatic heterocycles. The number of carbonyl (C=O) groups excluding carboxylic acids is 1. The highest BCUT2D eigenvalue weighted by atomic mass is 16.5. The van der Waals surface area contributed by atoms with Crippen molar-refractivity contribution in [3.63, 3.8) is 0 Å². The summed E-state index contributed by atoms with van der Waals surface area (Å²) in [5.74, 6) is 4.87. The van der Waals surface area contributed by atoms with Gasteiger partial charge in [-0.25, -0.2) is 0 Å². The third-order valence-corrected chi connectivity index (χ3v) is 13.2. The normalized spacial score (nSPS) is 54.2. The molecular weight excluding hydrogens is 446 g/mol. The fourth-order valence-corrected chi connectivity index (χ4v) is 11.2. The number of piperidine rings is 1. The average molecular weight is 498 g/mol. The van der Waals surface area contributed by atoms with E-state index in [0.717, 1.165) is 43.0 Å². The van der Waals surface area contributed by atoms with Gasteiger partial charge in [0.1, 0.15) is 5.72 Å². The minimum absolute atomic E-state index is 0.334. The summed E-state index contributed by atoms with van der Waals surface area (Å²) < 4.78 is 13.2. The summed E-state index contributed by atoms with van der Waals surface area (Å²) in [5.41, 5.74) is 0.471. The van der Waals surface area contributed by atoms with Gasteiger partial charge in [-0.2, -0.15) is 0 Å². The second kappa shape index (κ2) is 9.11. The Labute approximate surface area is 219 Å². The monoisotopic (exact) mass is 497 g/mol. The summed E-state index contributed by atoms with van der Waals surface area (Å²) in [6.45, 7) is 15.4. The lowest BCUT2D eigenvalue weighted by Gasteiger charge is -2.50. The Morgan fingerprint density at radius 2 is 1.75 bits per heavy atom. The molecule has 6 unspecified atom stereocenters. The van der Waals surface area contributed by atoms with E-state index in [4.69, 9.17) is 9.47 Å². The van der Waals surface area contributed by atoms with E-state index in [1.54, 1.807) is 0 Å². The Morgan fingerprint density at radius 3 is 2.53 bits per heavy atom. The van der Waals surface area contributed by atoms with Gasteiger partial charge in [0.15, 0.2) is 0 Å². The number of hydrogen-bond acceptors (Lipinski definition) is 3. The Kier molecular flexibility index (Phi) is 6.43. The van der Waals surface area contributed by atoms with E-state index in [-0.39, 0.29) is 5.72 Å². The van der Waals surface area contributed by atoms with Crippen molar-refractivity contribution in [2.24, 2.45) is 52.3 Å². The van der Waals surface area contributed by atoms with Crippen molar-refractivity contribution in [2.75, 3.05) is 13.2 Å². The largest absolute Gasteiger partial charge is 0.374 e. The van der Waals surface area contributed by atoms with E-state index in [0.29, 0.717) is 47.4 Å². The smallest absolute Gasteiger partial charge is 0.211 e. The van der Waals surface area contributed by atoms with Gasteiger partial charge in [0.05, 0.1) is 18.8 Å². The molecule has 2 bridgehead atoms. The fourth-order valence-electron chi connectivity index (χ4n) is 11.2. The second-order valence-corrected chi connectivity index (χ2v) is 14.6. The Hall–Kier alpha value is -0.870. The van der Waals surface area contributed by atoms with Gasteiger partial charge in [-0.1, -0.05) is 33.8 Å². The molecule has 1 spiro atoms. The first-order valence-corrected chi connectivity index (χ1v) is 15.4. The maximum absolute atomic E-state index is 12.2. The molecule has 6 rings (SSSR count). The van der Waals surface area contributed by atoms with E-state index >= 15 is 0 Å². The standard InChI is InChI=1S/C32H51NO3/c1-6-15-35-26-11-13-30(4)24(17-26)8-7-23-16-25(30)10-12-31(5)27(23)18-28-29(31)22(3)32(36-28)14-9-21(2)19-33(32)20-34/h6,20-29H,1,7-19H2,2-5H3/t21-,22-,23?,24?,25?,26-,27?,28?,29?,30-,31-,32-/m0/s1. The number of fused-ring (bicyclic) bond motifs is 8. The van der Waals surface area contributed by atoms with E-state index in [1.165, 1.54) is 64.2 Å². The highest BCUT2D eigenvalue weighted by Gasteiger charge is 2.68. The maximum Gasteiger partial charge on any atom is 0.211 e. The highest BCUT2D eigenvalue weighted by Crippen LogP contribution is 2.69. The summed E-state index contributed by atoms with van der Waals surface area (Å²) >= 11 is 0. The number of amides is 1. The summed E-state index contributed by atoms with van der Waals surface area (Å²) in [7, 11) is 0. The van der Waals surface area contributed by atoms with Crippen molar-refractivity contribution in [3.8, 4) is 0 Å². The third-order valence-electron chi connectivity index (χ3n) is 13.2. The van der Waals surface area contributed by atoms with Crippen molar-refractivity contribution in [1.82, 2.24) is 4.90 Å². The van der Waals surface area contributed by atoms with E-state index < -0.39 is 0 Å². The van der Waals surface area contributed by atoms with Crippen molar-refractivity contribution >= 4 is 6.41 Å². The molecule has 202 valence electrons. The van der Waals surface area contributed by atoms with Crippen LogP contribution >= 0.6 is 0 Å². The first kappa shape index (κ1) is 25.4. The predicted molar refractivity (Wildman–Crippen MR) is 143 cm³/mol. The first-order chi connectivity index (χ1) is 17.2. The highest BCUT2D eigenvalue weighted by molar-refractivity contribution is 5.49. The molecule has 36 heavy (non-hydrogen) atoms. The van der Waals surface area contributed by atoms with Crippen LogP contribution in [0.2, 0.25) is 0 Å². The predicted octanol–water partition coefficient (Wildman–Crippen LogP) is 6.84. The number of nitrogens with zero attached hydrogens (tertiary/aromatic N) is 1. The molecule has 4 saturated carbocycles. The third kappa shape index (κ3) is 3.63. The molecule has 0 N–H and O–H groups in total. The van der Waals surface area contributed by atoms with Crippen molar-refractivity contribution < 1.29 is 14.3 Å². The van der Waals surface area contributed by atoms with Crippen LogP contribution in [0.15, 0.2) is 12.7 Å². The summed E-state index contributed by atoms with van der Waals surface area (Å²) in [6, 6.07) is 0. The number of carbonyl (C=O) groups is 1. The Balaban J connectivity index is 1.24. The van der Waals surface area contributed by atoms with Crippen LogP contribution < -0.4 is 0 Å². The van der Waals surface area contributed by atoms with Crippen molar-refractivity contribution in [1.29, 1.82) is 0 Å². The fraction of sp³-hybridized carbons (Fsp3) is 0.906. The molecule has 2 saturated heterocycles. The minimum Gasteiger partial charge on any atom is -0.374 e. The van der Waals surface area contributed by atoms with Crippen LogP contribution in [0.25, 0.3) is 0 Å². The quantitative estimate of drug-likeness (QED) is 0.315. The van der Waals surface area contributed by atoms with Crippen molar-refractivity contribution in [2.45, 2.75) is 116 Å². The van der Waals surface area contributed by atoms with Gasteiger partial charge >= 0.3 is 0 Å². The SMILES string of the molecule is C=CCO[C@H]1CC[C@]2(C)C3CC[C@@]4(C)C(CC5O[C@@]6(CC[C@H](C)CN6C=O)[C@@H](C)C54)C(CCC2C1)C3. The Bertz CT molecular complexity index is 860. The van der Waals surface area contributed by atoms with E-state index in [9.17, 15) is 4.79 Å². The van der Waals surface area contributed by atoms with Gasteiger partial charge in [0.2, 0.25) is 6.41 Å². The van der Waals surface area contributed by atoms with Crippen LogP contribution in [-0.4, -0.2) is 42.4 Å². The second-order valence-electron chi connectivity index (χ2n) is 14.6. The van der Waals surface area contributed by atoms with Crippen LogP contribution in [0, 0.1) is 52.3 Å². The van der Waals surface area contributed by atoms with Gasteiger partial charge in [0, 0.05) is 12.5 Å². The molecule has 12 atom stereocenters. The molecule has 0 aromatic carbocycles. The zero-order valence-corrected chi connectivity index (χ0v) is 23.4. The van der Waals surface area contributed by atoms with Gasteiger partial charge in [0.25, 0.3) is 0 Å². The molecule has 6 fully saturated rings. The Morgan fingerprint density at radius 1 is 0.972 bits per heavy atom. The van der Waals surface area contributed by atoms with Gasteiger partial charge < -0.3 is 14.4 Å². The number of hydrogen-bond donors (Lipinski definition) is 0. The van der Waals surface area contributed by atoms with Crippen LogP contribution in [0.1, 0.15) is 98.3 Å². The molecular formula is C32H51NO3. The number of rotatable bonds is 4. The molecule has 0 radical (unpaired) electrons. The molecule has 2 aliphatic heterocycles. The minimum atomic E-state index is -0.350. The zero-order valence-electron chi connectivity index (χ0n) is 23.4. The number of likely N-dealkylation sites (tertiary alicyclic amines) is 1. The molecule has 4 heteroatoms. The van der Waals surface area contributed by atoms with Crippen LogP contribution in [0.3, 0.4) is 0 Å². The molecule has 6 aliphatic rings. The summed E-state index contributed by atoms with van der Waals surface area (Å²) in [5, 5.41) is 0. The topological polar surface area (TPSA) is 38.8 Å². The lowest BCUT2D eigenvalue weighted by Crippen LogP contribution is -2.57. The first-order valence-electron chi connectivity index (χ1n) is 15.4. The van der Waals surface area contributed by atoms with Gasteiger partial charge in [-0.3, -0.25) is 4.79 Å². The number of ether oxygens (including phenoxy) is 2. The van der Waals surface area contributed by atoms with Crippen LogP contribution in [0.5, 0.6) is 0 Å². The lowest BCUT2D eigenvalue weighted by atomic mass is 9.57. The molecule has 1 amide bonds. The summed E-state index contributed by atoms with van der Waals surface area (Å²) in [4.78, 5) is 14.3. The molecule has 2 heterocycles. The van der Waals surface area contributed by atoms with Gasteiger partial charge in [-0.15, -0.1) is 6.58 Å². The van der Waals surface area contributed by atoms with Crippen LogP contribution in [0.4, 0.5) is 0 Å². The van der Waals surface area contributed by atoms with E-state index in [1.807, 2.05) is 6.08 Å². The lowest BCUT2D eigenvalue weighted by molar-refractivity contribution is -0.191. The van der Waals surface area contributed by atoms with Crippen molar-refractivity contribution in [3.05, 3.63) is 12.7 Å². The maximum atomic E-state index is 12.2.